The van der Waals surface area contributed by atoms with Crippen molar-refractivity contribution in [3.8, 4) is 11.5 Å². The number of Topliss-reactive ketones (excluding diaryl/α,β-unsaturated/α-hetero) is 1. The lowest BCUT2D eigenvalue weighted by atomic mass is 9.90. The molecule has 3 aromatic rings. The lowest BCUT2D eigenvalue weighted by Crippen LogP contribution is -2.16. The predicted molar refractivity (Wildman–Crippen MR) is 144 cm³/mol. The third-order valence-corrected chi connectivity index (χ3v) is 7.46. The fraction of sp³-hybridized carbons (Fsp3) is 0.536. The molecule has 0 bridgehead atoms. The zero-order valence-electron chi connectivity index (χ0n) is 20.9. The van der Waals surface area contributed by atoms with Crippen LogP contribution in [0.15, 0.2) is 45.9 Å². The number of nitrogens with one attached hydrogen (secondary N) is 1. The summed E-state index contributed by atoms with van der Waals surface area (Å²) in [4.78, 5) is 33.2. The average Bonchev–Trinajstić information content (AvgIpc) is 3.51. The maximum Gasteiger partial charge on any atom is 0.248 e. The van der Waals surface area contributed by atoms with Crippen molar-refractivity contribution in [2.24, 2.45) is 0 Å². The number of hydrogen-bond donors (Lipinski definition) is 2. The first-order valence-electron chi connectivity index (χ1n) is 13.1. The summed E-state index contributed by atoms with van der Waals surface area (Å²) in [6.07, 6.45) is 19.0. The summed E-state index contributed by atoms with van der Waals surface area (Å²) in [5.41, 5.74) is 6.81. The van der Waals surface area contributed by atoms with E-state index in [-0.39, 0.29) is 11.3 Å². The number of thiazole rings is 1. The number of pyridine rings is 1. The van der Waals surface area contributed by atoms with Gasteiger partial charge in [-0.25, -0.2) is 4.98 Å². The van der Waals surface area contributed by atoms with E-state index in [9.17, 15) is 9.59 Å². The molecule has 0 saturated carbocycles. The highest BCUT2D eigenvalue weighted by Gasteiger charge is 2.29. The summed E-state index contributed by atoms with van der Waals surface area (Å²) in [7, 11) is 0. The van der Waals surface area contributed by atoms with Gasteiger partial charge < -0.3 is 15.1 Å². The summed E-state index contributed by atoms with van der Waals surface area (Å²) >= 11 is 1.33. The molecule has 3 rings (SSSR count). The number of aromatic amines is 1. The van der Waals surface area contributed by atoms with Crippen LogP contribution >= 0.6 is 11.3 Å². The Bertz CT molecular complexity index is 1070. The van der Waals surface area contributed by atoms with Crippen molar-refractivity contribution >= 4 is 22.3 Å². The van der Waals surface area contributed by atoms with Crippen molar-refractivity contribution in [1.29, 1.82) is 0 Å². The number of hydrogen-bond acceptors (Lipinski definition) is 6. The summed E-state index contributed by atoms with van der Waals surface area (Å²) in [6, 6.07) is 6.66. The van der Waals surface area contributed by atoms with Crippen LogP contribution in [0.4, 0.5) is 5.13 Å². The second kappa shape index (κ2) is 14.7. The molecule has 1 atom stereocenters. The highest BCUT2D eigenvalue weighted by Crippen LogP contribution is 2.39. The number of furan rings is 1. The SMILES string of the molecule is CCCCCCCCCCCCCCC(C(=O)c1cc[nH]c(=O)c1)c1sc(N)nc1-c1ccco1. The van der Waals surface area contributed by atoms with E-state index in [2.05, 4.69) is 16.9 Å². The molecular weight excluding hydrogens is 458 g/mol. The van der Waals surface area contributed by atoms with Crippen molar-refractivity contribution in [3.63, 3.8) is 0 Å². The number of aromatic nitrogens is 2. The molecule has 190 valence electrons. The molecule has 0 aliphatic carbocycles. The second-order valence-electron chi connectivity index (χ2n) is 9.28. The Labute approximate surface area is 212 Å². The Balaban J connectivity index is 1.56. The van der Waals surface area contributed by atoms with Crippen LogP contribution in [0.3, 0.4) is 0 Å². The molecule has 35 heavy (non-hydrogen) atoms. The van der Waals surface area contributed by atoms with Crippen molar-refractivity contribution in [2.75, 3.05) is 5.73 Å². The Morgan fingerprint density at radius 1 is 1.03 bits per heavy atom. The molecule has 6 nitrogen and oxygen atoms in total. The summed E-state index contributed by atoms with van der Waals surface area (Å²) < 4.78 is 5.57. The number of carbonyl (C=O) groups is 1. The molecule has 0 fully saturated rings. The molecular formula is C28H39N3O3S. The maximum atomic E-state index is 13.5. The van der Waals surface area contributed by atoms with Crippen LogP contribution in [0.2, 0.25) is 0 Å². The van der Waals surface area contributed by atoms with Gasteiger partial charge in [-0.05, 0) is 24.6 Å². The van der Waals surface area contributed by atoms with E-state index >= 15 is 0 Å². The predicted octanol–water partition coefficient (Wildman–Crippen LogP) is 7.73. The minimum Gasteiger partial charge on any atom is -0.463 e. The van der Waals surface area contributed by atoms with Gasteiger partial charge in [0.1, 0.15) is 5.69 Å². The number of nitrogens with two attached hydrogens (primary N) is 1. The minimum absolute atomic E-state index is 0.0735. The monoisotopic (exact) mass is 497 g/mol. The van der Waals surface area contributed by atoms with E-state index in [4.69, 9.17) is 10.2 Å². The number of H-pyrrole nitrogens is 1. The van der Waals surface area contributed by atoms with Gasteiger partial charge in [0.15, 0.2) is 16.7 Å². The van der Waals surface area contributed by atoms with E-state index < -0.39 is 5.92 Å². The fourth-order valence-electron chi connectivity index (χ4n) is 4.54. The van der Waals surface area contributed by atoms with Gasteiger partial charge in [-0.1, -0.05) is 84.0 Å². The highest BCUT2D eigenvalue weighted by atomic mass is 32.1. The van der Waals surface area contributed by atoms with Crippen LogP contribution < -0.4 is 11.3 Å². The van der Waals surface area contributed by atoms with Gasteiger partial charge in [-0.2, -0.15) is 0 Å². The molecule has 0 aliphatic heterocycles. The summed E-state index contributed by atoms with van der Waals surface area (Å²) in [5.74, 6) is 0.122. The molecule has 0 aliphatic rings. The molecule has 0 radical (unpaired) electrons. The largest absolute Gasteiger partial charge is 0.463 e. The third kappa shape index (κ3) is 8.49. The molecule has 0 spiro atoms. The van der Waals surface area contributed by atoms with Crippen molar-refractivity contribution < 1.29 is 9.21 Å². The van der Waals surface area contributed by atoms with Crippen LogP contribution in [0.5, 0.6) is 0 Å². The number of rotatable bonds is 17. The Kier molecular flexibility index (Phi) is 11.3. The number of carbonyl (C=O) groups excluding carboxylic acids is 1. The summed E-state index contributed by atoms with van der Waals surface area (Å²) in [5, 5.41) is 0.407. The zero-order chi connectivity index (χ0) is 24.9. The van der Waals surface area contributed by atoms with Crippen molar-refractivity contribution in [1.82, 2.24) is 9.97 Å². The molecule has 3 aromatic heterocycles. The van der Waals surface area contributed by atoms with Gasteiger partial charge in [-0.15, -0.1) is 11.3 Å². The van der Waals surface area contributed by atoms with Crippen LogP contribution in [-0.4, -0.2) is 15.8 Å². The molecule has 3 heterocycles. The van der Waals surface area contributed by atoms with Gasteiger partial charge >= 0.3 is 0 Å². The number of ketones is 1. The van der Waals surface area contributed by atoms with Crippen molar-refractivity contribution in [3.05, 3.63) is 57.5 Å². The smallest absolute Gasteiger partial charge is 0.248 e. The normalized spacial score (nSPS) is 12.1. The minimum atomic E-state index is -0.408. The molecule has 1 unspecified atom stereocenters. The standard InChI is InChI=1S/C28H39N3O3S/c1-2-3-4-5-6-7-8-9-10-11-12-13-15-22(26(33)21-17-18-30-24(32)20-21)27-25(31-28(29)35-27)23-16-14-19-34-23/h14,16-20,22H,2-13,15H2,1H3,(H2,29,31)(H,30,32). The van der Waals surface area contributed by atoms with E-state index in [0.717, 1.165) is 17.7 Å². The van der Waals surface area contributed by atoms with E-state index in [0.29, 0.717) is 28.6 Å². The highest BCUT2D eigenvalue weighted by molar-refractivity contribution is 7.16. The number of nitrogens with zero attached hydrogens (tertiary/aromatic N) is 1. The Morgan fingerprint density at radius 2 is 1.69 bits per heavy atom. The van der Waals surface area contributed by atoms with Crippen LogP contribution in [0.25, 0.3) is 11.5 Å². The second-order valence-corrected chi connectivity index (χ2v) is 10.3. The molecule has 0 saturated heterocycles. The van der Waals surface area contributed by atoms with Gasteiger partial charge in [0.25, 0.3) is 0 Å². The number of anilines is 1. The van der Waals surface area contributed by atoms with Gasteiger partial charge in [0.05, 0.1) is 12.2 Å². The summed E-state index contributed by atoms with van der Waals surface area (Å²) in [6.45, 7) is 2.26. The molecule has 0 aromatic carbocycles. The first kappa shape index (κ1) is 26.9. The first-order valence-corrected chi connectivity index (χ1v) is 13.9. The molecule has 3 N–H and O–H groups in total. The lowest BCUT2D eigenvalue weighted by molar-refractivity contribution is 0.0955. The van der Waals surface area contributed by atoms with Crippen molar-refractivity contribution in [2.45, 2.75) is 96.3 Å². The number of unbranched alkanes of at least 4 members (excludes halogenated alkanes) is 11. The van der Waals surface area contributed by atoms with E-state index in [1.54, 1.807) is 18.4 Å². The maximum absolute atomic E-state index is 13.5. The van der Waals surface area contributed by atoms with E-state index in [1.807, 2.05) is 6.07 Å². The average molecular weight is 498 g/mol. The topological polar surface area (TPSA) is 102 Å². The van der Waals surface area contributed by atoms with Gasteiger partial charge in [-0.3, -0.25) is 9.59 Å². The first-order chi connectivity index (χ1) is 17.1. The molecule has 7 heteroatoms. The quantitative estimate of drug-likeness (QED) is 0.147. The van der Waals surface area contributed by atoms with Crippen LogP contribution in [0, 0.1) is 0 Å². The van der Waals surface area contributed by atoms with E-state index in [1.165, 1.54) is 87.8 Å². The number of nitrogen functional groups attached to an aromatic ring is 1. The Hall–Kier alpha value is -2.67. The van der Waals surface area contributed by atoms with Gasteiger partial charge in [0.2, 0.25) is 5.56 Å². The van der Waals surface area contributed by atoms with Crippen LogP contribution in [-0.2, 0) is 0 Å². The molecule has 0 amide bonds. The third-order valence-electron chi connectivity index (χ3n) is 6.46. The van der Waals surface area contributed by atoms with Gasteiger partial charge in [0, 0.05) is 22.7 Å². The Morgan fingerprint density at radius 3 is 2.29 bits per heavy atom. The lowest BCUT2D eigenvalue weighted by Gasteiger charge is -2.15. The zero-order valence-corrected chi connectivity index (χ0v) is 21.7. The fourth-order valence-corrected chi connectivity index (χ4v) is 5.52. The van der Waals surface area contributed by atoms with Crippen LogP contribution in [0.1, 0.15) is 112 Å².